The molecule has 0 radical (unpaired) electrons. The molecule has 0 heterocycles. The summed E-state index contributed by atoms with van der Waals surface area (Å²) in [5.41, 5.74) is -2.02. The number of alkyl halides is 6. The number of halogens is 6. The number of hydrogen-bond donors (Lipinski definition) is 0. The minimum Gasteiger partial charge on any atom is -0.404 e. The van der Waals surface area contributed by atoms with E-state index < -0.39 is 35.4 Å². The summed E-state index contributed by atoms with van der Waals surface area (Å²) in [6, 6.07) is 3.24. The third-order valence-electron chi connectivity index (χ3n) is 1.80. The third-order valence-corrected chi connectivity index (χ3v) is 1.80. The van der Waals surface area contributed by atoms with Crippen LogP contribution in [0.15, 0.2) is 12.1 Å². The summed E-state index contributed by atoms with van der Waals surface area (Å²) in [4.78, 5) is 0. The van der Waals surface area contributed by atoms with Crippen molar-refractivity contribution >= 4 is 0 Å². The molecule has 1 aromatic rings. The van der Waals surface area contributed by atoms with E-state index in [0.29, 0.717) is 12.1 Å². The molecule has 106 valence electrons. The van der Waals surface area contributed by atoms with E-state index in [-0.39, 0.29) is 0 Å². The summed E-state index contributed by atoms with van der Waals surface area (Å²) in [6.45, 7) is 0. The van der Waals surface area contributed by atoms with Crippen molar-refractivity contribution in [2.45, 2.75) is 12.7 Å². The third kappa shape index (κ3) is 3.95. The van der Waals surface area contributed by atoms with Crippen molar-refractivity contribution in [3.63, 3.8) is 0 Å². The first-order chi connectivity index (χ1) is 9.07. The van der Waals surface area contributed by atoms with Gasteiger partial charge in [-0.05, 0) is 12.1 Å². The number of ether oxygens (including phenoxy) is 2. The molecule has 20 heavy (non-hydrogen) atoms. The number of rotatable bonds is 2. The van der Waals surface area contributed by atoms with Crippen LogP contribution in [0.2, 0.25) is 0 Å². The summed E-state index contributed by atoms with van der Waals surface area (Å²) in [6.07, 6.45) is -10.3. The summed E-state index contributed by atoms with van der Waals surface area (Å²) >= 11 is 0. The van der Waals surface area contributed by atoms with Crippen molar-refractivity contribution in [1.82, 2.24) is 0 Å². The zero-order valence-corrected chi connectivity index (χ0v) is 9.13. The van der Waals surface area contributed by atoms with Crippen molar-refractivity contribution in [3.8, 4) is 23.6 Å². The van der Waals surface area contributed by atoms with Gasteiger partial charge in [-0.1, -0.05) is 0 Å². The molecule has 0 aliphatic heterocycles. The Bertz CT molecular complexity index is 541. The maximum atomic E-state index is 12.0. The summed E-state index contributed by atoms with van der Waals surface area (Å²) in [5.74, 6) is -2.18. The number of benzene rings is 1. The summed E-state index contributed by atoms with van der Waals surface area (Å²) < 4.78 is 79.1. The molecule has 1 aromatic carbocycles. The van der Waals surface area contributed by atoms with Crippen LogP contribution in [-0.4, -0.2) is 12.7 Å². The summed E-state index contributed by atoms with van der Waals surface area (Å²) in [7, 11) is 0. The Morgan fingerprint density at radius 2 is 1.05 bits per heavy atom. The number of nitrogens with zero attached hydrogens (tertiary/aromatic N) is 2. The van der Waals surface area contributed by atoms with Gasteiger partial charge in [-0.3, -0.25) is 0 Å². The Balaban J connectivity index is 3.36. The first-order valence-electron chi connectivity index (χ1n) is 4.56. The first-order valence-corrected chi connectivity index (χ1v) is 4.56. The van der Waals surface area contributed by atoms with E-state index in [0.717, 1.165) is 0 Å². The van der Waals surface area contributed by atoms with Crippen LogP contribution in [0, 0.1) is 22.7 Å². The second kappa shape index (κ2) is 5.17. The zero-order chi connectivity index (χ0) is 15.6. The Hall–Kier alpha value is -2.62. The monoisotopic (exact) mass is 296 g/mol. The second-order valence-corrected chi connectivity index (χ2v) is 3.13. The molecule has 4 nitrogen and oxygen atoms in total. The SMILES string of the molecule is N#Cc1c(OC(F)(F)F)ccc(OC(F)(F)F)c1C#N. The van der Waals surface area contributed by atoms with Crippen LogP contribution >= 0.6 is 0 Å². The normalized spacial score (nSPS) is 11.4. The highest BCUT2D eigenvalue weighted by Gasteiger charge is 2.35. The maximum absolute atomic E-state index is 12.0. The molecule has 0 bridgehead atoms. The number of nitriles is 2. The van der Waals surface area contributed by atoms with E-state index >= 15 is 0 Å². The van der Waals surface area contributed by atoms with Gasteiger partial charge in [0.2, 0.25) is 0 Å². The lowest BCUT2D eigenvalue weighted by molar-refractivity contribution is -0.277. The van der Waals surface area contributed by atoms with Crippen LogP contribution in [0.25, 0.3) is 0 Å². The van der Waals surface area contributed by atoms with Gasteiger partial charge in [0, 0.05) is 0 Å². The Labute approximate surface area is 107 Å². The van der Waals surface area contributed by atoms with Crippen LogP contribution in [-0.2, 0) is 0 Å². The molecule has 0 saturated carbocycles. The van der Waals surface area contributed by atoms with Gasteiger partial charge in [-0.15, -0.1) is 26.3 Å². The number of hydrogen-bond acceptors (Lipinski definition) is 4. The van der Waals surface area contributed by atoms with Crippen LogP contribution in [0.4, 0.5) is 26.3 Å². The van der Waals surface area contributed by atoms with E-state index in [1.165, 1.54) is 12.1 Å². The smallest absolute Gasteiger partial charge is 0.404 e. The Kier molecular flexibility index (Phi) is 3.99. The molecule has 0 aliphatic rings. The van der Waals surface area contributed by atoms with Gasteiger partial charge in [0.1, 0.15) is 34.8 Å². The lowest BCUT2D eigenvalue weighted by Crippen LogP contribution is -2.20. The molecule has 0 atom stereocenters. The molecular formula is C10H2F6N2O2. The maximum Gasteiger partial charge on any atom is 0.573 e. The van der Waals surface area contributed by atoms with E-state index in [1.54, 1.807) is 0 Å². The molecule has 0 spiro atoms. The highest BCUT2D eigenvalue weighted by Crippen LogP contribution is 2.35. The molecule has 0 N–H and O–H groups in total. The highest BCUT2D eigenvalue weighted by molar-refractivity contribution is 5.60. The predicted octanol–water partition coefficient (Wildman–Crippen LogP) is 3.23. The van der Waals surface area contributed by atoms with Gasteiger partial charge in [0.15, 0.2) is 0 Å². The van der Waals surface area contributed by atoms with Crippen molar-refractivity contribution in [3.05, 3.63) is 23.3 Å². The molecule has 10 heteroatoms. The van der Waals surface area contributed by atoms with E-state index in [1.807, 2.05) is 0 Å². The molecule has 0 aliphatic carbocycles. The second-order valence-electron chi connectivity index (χ2n) is 3.13. The van der Waals surface area contributed by atoms with Gasteiger partial charge >= 0.3 is 12.7 Å². The molecule has 0 saturated heterocycles. The van der Waals surface area contributed by atoms with E-state index in [2.05, 4.69) is 9.47 Å². The minimum atomic E-state index is -5.16. The van der Waals surface area contributed by atoms with Gasteiger partial charge in [-0.25, -0.2) is 0 Å². The van der Waals surface area contributed by atoms with Gasteiger partial charge in [-0.2, -0.15) is 10.5 Å². The van der Waals surface area contributed by atoms with Crippen molar-refractivity contribution in [1.29, 1.82) is 10.5 Å². The van der Waals surface area contributed by atoms with Crippen LogP contribution in [0.5, 0.6) is 11.5 Å². The first kappa shape index (κ1) is 15.4. The standard InChI is InChI=1S/C10H2F6N2O2/c11-9(12,13)19-7-1-2-8(20-10(14,15)16)6(4-18)5(7)3-17/h1-2H. The average Bonchev–Trinajstić information content (AvgIpc) is 2.26. The molecule has 0 amide bonds. The molecule has 0 fully saturated rings. The van der Waals surface area contributed by atoms with Gasteiger partial charge in [0.05, 0.1) is 0 Å². The van der Waals surface area contributed by atoms with E-state index in [9.17, 15) is 26.3 Å². The van der Waals surface area contributed by atoms with Crippen LogP contribution in [0.3, 0.4) is 0 Å². The molecular weight excluding hydrogens is 294 g/mol. The Morgan fingerprint density at radius 3 is 1.25 bits per heavy atom. The average molecular weight is 296 g/mol. The highest BCUT2D eigenvalue weighted by atomic mass is 19.4. The van der Waals surface area contributed by atoms with Crippen molar-refractivity contribution in [2.24, 2.45) is 0 Å². The van der Waals surface area contributed by atoms with Crippen LogP contribution < -0.4 is 9.47 Å². The van der Waals surface area contributed by atoms with E-state index in [4.69, 9.17) is 10.5 Å². The topological polar surface area (TPSA) is 66.0 Å². The van der Waals surface area contributed by atoms with Gasteiger partial charge in [0.25, 0.3) is 0 Å². The lowest BCUT2D eigenvalue weighted by atomic mass is 10.1. The molecule has 0 aromatic heterocycles. The van der Waals surface area contributed by atoms with Crippen LogP contribution in [0.1, 0.15) is 11.1 Å². The largest absolute Gasteiger partial charge is 0.573 e. The Morgan fingerprint density at radius 1 is 0.750 bits per heavy atom. The van der Waals surface area contributed by atoms with Gasteiger partial charge < -0.3 is 9.47 Å². The summed E-state index contributed by atoms with van der Waals surface area (Å²) in [5, 5.41) is 17.3. The zero-order valence-electron chi connectivity index (χ0n) is 9.13. The predicted molar refractivity (Wildman–Crippen MR) is 49.2 cm³/mol. The quantitative estimate of drug-likeness (QED) is 0.786. The lowest BCUT2D eigenvalue weighted by Gasteiger charge is -2.14. The fraction of sp³-hybridized carbons (Fsp3) is 0.200. The van der Waals surface area contributed by atoms with Crippen molar-refractivity contribution < 1.29 is 35.8 Å². The molecule has 0 unspecified atom stereocenters. The fourth-order valence-corrected chi connectivity index (χ4v) is 1.21. The fourth-order valence-electron chi connectivity index (χ4n) is 1.21. The molecule has 1 rings (SSSR count). The van der Waals surface area contributed by atoms with Crippen molar-refractivity contribution in [2.75, 3.05) is 0 Å². The minimum absolute atomic E-state index is 0.452.